The Bertz CT molecular complexity index is 883. The SMILES string of the molecule is CCCC[C@@H](C)CNC(=O)c1cc2ccc(-c3ccc(F)cc3)cc2[nH]1. The van der Waals surface area contributed by atoms with Crippen LogP contribution in [0.4, 0.5) is 4.39 Å². The number of fused-ring (bicyclic) bond motifs is 1. The van der Waals surface area contributed by atoms with Gasteiger partial charge in [0.25, 0.3) is 5.91 Å². The fourth-order valence-corrected chi connectivity index (χ4v) is 3.09. The monoisotopic (exact) mass is 352 g/mol. The molecule has 2 aromatic carbocycles. The van der Waals surface area contributed by atoms with Gasteiger partial charge in [0, 0.05) is 17.4 Å². The number of H-pyrrole nitrogens is 1. The van der Waals surface area contributed by atoms with Crippen molar-refractivity contribution >= 4 is 16.8 Å². The van der Waals surface area contributed by atoms with E-state index in [9.17, 15) is 9.18 Å². The Morgan fingerprint density at radius 2 is 1.85 bits per heavy atom. The Morgan fingerprint density at radius 3 is 2.58 bits per heavy atom. The number of carbonyl (C=O) groups excluding carboxylic acids is 1. The van der Waals surface area contributed by atoms with Gasteiger partial charge in [0.2, 0.25) is 0 Å². The predicted molar refractivity (Wildman–Crippen MR) is 105 cm³/mol. The third-order valence-corrected chi connectivity index (χ3v) is 4.71. The van der Waals surface area contributed by atoms with Crippen LogP contribution in [0.15, 0.2) is 48.5 Å². The first-order valence-electron chi connectivity index (χ1n) is 9.23. The number of aromatic nitrogens is 1. The zero-order valence-corrected chi connectivity index (χ0v) is 15.3. The second kappa shape index (κ2) is 8.17. The van der Waals surface area contributed by atoms with E-state index >= 15 is 0 Å². The fourth-order valence-electron chi connectivity index (χ4n) is 3.09. The number of benzene rings is 2. The summed E-state index contributed by atoms with van der Waals surface area (Å²) in [6, 6.07) is 14.2. The maximum Gasteiger partial charge on any atom is 0.267 e. The highest BCUT2D eigenvalue weighted by Crippen LogP contribution is 2.25. The molecule has 0 bridgehead atoms. The van der Waals surface area contributed by atoms with Crippen molar-refractivity contribution in [2.24, 2.45) is 5.92 Å². The van der Waals surface area contributed by atoms with E-state index in [4.69, 9.17) is 0 Å². The topological polar surface area (TPSA) is 44.9 Å². The predicted octanol–water partition coefficient (Wildman–Crippen LogP) is 5.53. The smallest absolute Gasteiger partial charge is 0.267 e. The van der Waals surface area contributed by atoms with Crippen molar-refractivity contribution in [3.8, 4) is 11.1 Å². The van der Waals surface area contributed by atoms with Crippen LogP contribution < -0.4 is 5.32 Å². The highest BCUT2D eigenvalue weighted by Gasteiger charge is 2.11. The maximum atomic E-state index is 13.1. The number of hydrogen-bond acceptors (Lipinski definition) is 1. The van der Waals surface area contributed by atoms with E-state index in [2.05, 4.69) is 24.1 Å². The molecular weight excluding hydrogens is 327 g/mol. The molecular formula is C22H25FN2O. The van der Waals surface area contributed by atoms with Gasteiger partial charge in [0.05, 0.1) is 0 Å². The van der Waals surface area contributed by atoms with Gasteiger partial charge in [0.1, 0.15) is 11.5 Å². The molecule has 1 amide bonds. The van der Waals surface area contributed by atoms with Crippen molar-refractivity contribution < 1.29 is 9.18 Å². The van der Waals surface area contributed by atoms with Gasteiger partial charge in [-0.15, -0.1) is 0 Å². The first-order chi connectivity index (χ1) is 12.6. The molecule has 26 heavy (non-hydrogen) atoms. The summed E-state index contributed by atoms with van der Waals surface area (Å²) in [6.45, 7) is 5.03. The van der Waals surface area contributed by atoms with Crippen molar-refractivity contribution in [3.63, 3.8) is 0 Å². The van der Waals surface area contributed by atoms with Gasteiger partial charge in [-0.2, -0.15) is 0 Å². The van der Waals surface area contributed by atoms with Crippen LogP contribution in [-0.2, 0) is 0 Å². The molecule has 0 spiro atoms. The second-order valence-electron chi connectivity index (χ2n) is 6.95. The molecule has 3 rings (SSSR count). The van der Waals surface area contributed by atoms with Gasteiger partial charge in [0.15, 0.2) is 0 Å². The standard InChI is InChI=1S/C22H25FN2O/c1-3-4-5-15(2)14-24-22(26)21-13-18-7-6-17(12-20(18)25-21)16-8-10-19(23)11-9-16/h6-13,15,25H,3-5,14H2,1-2H3,(H,24,26)/t15-/m1/s1. The molecule has 1 aromatic heterocycles. The zero-order valence-electron chi connectivity index (χ0n) is 15.3. The van der Waals surface area contributed by atoms with Crippen LogP contribution in [0.25, 0.3) is 22.0 Å². The Morgan fingerprint density at radius 1 is 1.12 bits per heavy atom. The minimum atomic E-state index is -0.248. The lowest BCUT2D eigenvalue weighted by Gasteiger charge is -2.11. The van der Waals surface area contributed by atoms with Crippen molar-refractivity contribution in [2.75, 3.05) is 6.54 Å². The second-order valence-corrected chi connectivity index (χ2v) is 6.95. The van der Waals surface area contributed by atoms with Crippen LogP contribution in [0, 0.1) is 11.7 Å². The van der Waals surface area contributed by atoms with Crippen molar-refractivity contribution in [1.82, 2.24) is 10.3 Å². The Hall–Kier alpha value is -2.62. The first-order valence-corrected chi connectivity index (χ1v) is 9.23. The molecule has 0 saturated heterocycles. The molecule has 0 aliphatic rings. The van der Waals surface area contributed by atoms with Crippen LogP contribution in [0.2, 0.25) is 0 Å². The van der Waals surface area contributed by atoms with Crippen molar-refractivity contribution in [3.05, 3.63) is 60.0 Å². The van der Waals surface area contributed by atoms with Crippen molar-refractivity contribution in [1.29, 1.82) is 0 Å². The number of amides is 1. The quantitative estimate of drug-likeness (QED) is 0.577. The van der Waals surface area contributed by atoms with Gasteiger partial charge in [-0.1, -0.05) is 51.0 Å². The normalized spacial score (nSPS) is 12.3. The number of carbonyl (C=O) groups is 1. The Balaban J connectivity index is 1.72. The molecule has 0 saturated carbocycles. The summed E-state index contributed by atoms with van der Waals surface area (Å²) >= 11 is 0. The van der Waals surface area contributed by atoms with Gasteiger partial charge >= 0.3 is 0 Å². The van der Waals surface area contributed by atoms with Crippen LogP contribution in [0.5, 0.6) is 0 Å². The summed E-state index contributed by atoms with van der Waals surface area (Å²) < 4.78 is 13.1. The molecule has 0 radical (unpaired) electrons. The summed E-state index contributed by atoms with van der Waals surface area (Å²) in [5.41, 5.74) is 3.40. The van der Waals surface area contributed by atoms with E-state index in [-0.39, 0.29) is 11.7 Å². The first kappa shape index (κ1) is 18.2. The van der Waals surface area contributed by atoms with Gasteiger partial charge in [-0.3, -0.25) is 4.79 Å². The van der Waals surface area contributed by atoms with Crippen LogP contribution in [0.3, 0.4) is 0 Å². The van der Waals surface area contributed by atoms with Crippen molar-refractivity contribution in [2.45, 2.75) is 33.1 Å². The summed E-state index contributed by atoms with van der Waals surface area (Å²) in [6.07, 6.45) is 3.50. The summed E-state index contributed by atoms with van der Waals surface area (Å²) in [5.74, 6) is 0.156. The number of rotatable bonds is 7. The Labute approximate surface area is 153 Å². The molecule has 4 heteroatoms. The molecule has 136 valence electrons. The van der Waals surface area contributed by atoms with E-state index in [1.54, 1.807) is 12.1 Å². The molecule has 0 aliphatic carbocycles. The van der Waals surface area contributed by atoms with Gasteiger partial charge < -0.3 is 10.3 Å². The Kier molecular flexibility index (Phi) is 5.71. The summed E-state index contributed by atoms with van der Waals surface area (Å²) in [7, 11) is 0. The number of unbranched alkanes of at least 4 members (excludes halogenated alkanes) is 1. The lowest BCUT2D eigenvalue weighted by atomic mass is 10.0. The maximum absolute atomic E-state index is 13.1. The summed E-state index contributed by atoms with van der Waals surface area (Å²) in [4.78, 5) is 15.6. The average molecular weight is 352 g/mol. The lowest BCUT2D eigenvalue weighted by Crippen LogP contribution is -2.28. The molecule has 1 atom stereocenters. The lowest BCUT2D eigenvalue weighted by molar-refractivity contribution is 0.0943. The molecule has 1 heterocycles. The summed E-state index contributed by atoms with van der Waals surface area (Å²) in [5, 5.41) is 4.00. The van der Waals surface area contributed by atoms with Gasteiger partial charge in [-0.05, 0) is 47.7 Å². The largest absolute Gasteiger partial charge is 0.351 e. The molecule has 2 N–H and O–H groups in total. The third-order valence-electron chi connectivity index (χ3n) is 4.71. The zero-order chi connectivity index (χ0) is 18.5. The van der Waals surface area contributed by atoms with Crippen LogP contribution in [-0.4, -0.2) is 17.4 Å². The molecule has 0 fully saturated rings. The number of hydrogen-bond donors (Lipinski definition) is 2. The van der Waals surface area contributed by atoms with E-state index in [0.717, 1.165) is 28.5 Å². The fraction of sp³-hybridized carbons (Fsp3) is 0.318. The minimum Gasteiger partial charge on any atom is -0.351 e. The van der Waals surface area contributed by atoms with E-state index in [1.807, 2.05) is 24.3 Å². The molecule has 3 nitrogen and oxygen atoms in total. The van der Waals surface area contributed by atoms with E-state index < -0.39 is 0 Å². The molecule has 0 aliphatic heterocycles. The number of nitrogens with one attached hydrogen (secondary N) is 2. The highest BCUT2D eigenvalue weighted by molar-refractivity contribution is 5.98. The minimum absolute atomic E-state index is 0.0760. The van der Waals surface area contributed by atoms with E-state index in [0.29, 0.717) is 18.2 Å². The number of aromatic amines is 1. The highest BCUT2D eigenvalue weighted by atomic mass is 19.1. The molecule has 3 aromatic rings. The molecule has 0 unspecified atom stereocenters. The third kappa shape index (κ3) is 4.31. The van der Waals surface area contributed by atoms with E-state index in [1.165, 1.54) is 25.0 Å². The van der Waals surface area contributed by atoms with Crippen LogP contribution >= 0.6 is 0 Å². The van der Waals surface area contributed by atoms with Gasteiger partial charge in [-0.25, -0.2) is 4.39 Å². The van der Waals surface area contributed by atoms with Crippen LogP contribution in [0.1, 0.15) is 43.6 Å². The average Bonchev–Trinajstić information content (AvgIpc) is 3.08. The number of halogens is 1.